The van der Waals surface area contributed by atoms with Crippen molar-refractivity contribution >= 4 is 27.7 Å². The molecular weight excluding hydrogens is 300 g/mol. The molecule has 1 aromatic heterocycles. The molecular formula is C11H15BrN4O2. The minimum Gasteiger partial charge on any atom is -0.294 e. The third-order valence-corrected chi connectivity index (χ3v) is 3.87. The molecule has 2 amide bonds. The van der Waals surface area contributed by atoms with Crippen molar-refractivity contribution in [2.45, 2.75) is 26.9 Å². The first-order valence-corrected chi connectivity index (χ1v) is 6.57. The average Bonchev–Trinajstić information content (AvgIpc) is 2.55. The van der Waals surface area contributed by atoms with Crippen molar-refractivity contribution in [1.29, 1.82) is 0 Å². The number of piperazine rings is 1. The van der Waals surface area contributed by atoms with Crippen molar-refractivity contribution in [2.75, 3.05) is 13.1 Å². The summed E-state index contributed by atoms with van der Waals surface area (Å²) in [5.41, 5.74) is 1.91. The van der Waals surface area contributed by atoms with Gasteiger partial charge in [-0.15, -0.1) is 0 Å². The van der Waals surface area contributed by atoms with Crippen LogP contribution in [0.2, 0.25) is 0 Å². The van der Waals surface area contributed by atoms with E-state index >= 15 is 0 Å². The molecule has 1 aliphatic heterocycles. The molecule has 18 heavy (non-hydrogen) atoms. The zero-order valence-electron chi connectivity index (χ0n) is 10.4. The quantitative estimate of drug-likeness (QED) is 0.822. The van der Waals surface area contributed by atoms with Crippen LogP contribution in [0.15, 0.2) is 4.47 Å². The van der Waals surface area contributed by atoms with Crippen LogP contribution in [0.4, 0.5) is 0 Å². The van der Waals surface area contributed by atoms with Gasteiger partial charge in [-0.3, -0.25) is 24.5 Å². The van der Waals surface area contributed by atoms with E-state index in [0.29, 0.717) is 6.54 Å². The molecule has 98 valence electrons. The third-order valence-electron chi connectivity index (χ3n) is 2.84. The second-order valence-corrected chi connectivity index (χ2v) is 5.07. The fraction of sp³-hybridized carbons (Fsp3) is 0.545. The molecule has 6 nitrogen and oxygen atoms in total. The van der Waals surface area contributed by atoms with Crippen LogP contribution in [-0.4, -0.2) is 39.6 Å². The predicted octanol–water partition coefficient (Wildman–Crippen LogP) is 0.432. The fourth-order valence-electron chi connectivity index (χ4n) is 2.04. The van der Waals surface area contributed by atoms with E-state index in [0.717, 1.165) is 22.4 Å². The van der Waals surface area contributed by atoms with E-state index in [-0.39, 0.29) is 24.9 Å². The summed E-state index contributed by atoms with van der Waals surface area (Å²) in [5, 5.41) is 6.68. The zero-order chi connectivity index (χ0) is 13.3. The Morgan fingerprint density at radius 1 is 1.33 bits per heavy atom. The number of hydrogen-bond donors (Lipinski definition) is 1. The number of carbonyl (C=O) groups excluding carboxylic acids is 2. The minimum atomic E-state index is -0.248. The lowest BCUT2D eigenvalue weighted by atomic mass is 10.3. The minimum absolute atomic E-state index is 0.242. The van der Waals surface area contributed by atoms with E-state index < -0.39 is 0 Å². The summed E-state index contributed by atoms with van der Waals surface area (Å²) in [5.74, 6) is -0.497. The molecule has 0 aliphatic carbocycles. The zero-order valence-corrected chi connectivity index (χ0v) is 12.0. The van der Waals surface area contributed by atoms with Crippen molar-refractivity contribution in [3.63, 3.8) is 0 Å². The smallest absolute Gasteiger partial charge is 0.240 e. The predicted molar refractivity (Wildman–Crippen MR) is 68.8 cm³/mol. The van der Waals surface area contributed by atoms with E-state index in [9.17, 15) is 9.59 Å². The van der Waals surface area contributed by atoms with Crippen LogP contribution in [0.5, 0.6) is 0 Å². The van der Waals surface area contributed by atoms with Crippen LogP contribution in [0.3, 0.4) is 0 Å². The Morgan fingerprint density at radius 2 is 1.94 bits per heavy atom. The standard InChI is InChI=1S/C11H15BrN4O2/c1-3-16-8(11(12)7(2)14-16)4-15-5-9(17)13-10(18)6-15/h3-6H2,1-2H3,(H,13,17,18). The van der Waals surface area contributed by atoms with Gasteiger partial charge in [-0.2, -0.15) is 5.10 Å². The number of aryl methyl sites for hydroxylation is 2. The number of nitrogens with zero attached hydrogens (tertiary/aromatic N) is 3. The van der Waals surface area contributed by atoms with Crippen LogP contribution < -0.4 is 5.32 Å². The molecule has 1 aliphatic rings. The Balaban J connectivity index is 2.18. The van der Waals surface area contributed by atoms with Gasteiger partial charge in [0, 0.05) is 13.1 Å². The summed E-state index contributed by atoms with van der Waals surface area (Å²) < 4.78 is 2.83. The highest BCUT2D eigenvalue weighted by Crippen LogP contribution is 2.22. The number of imide groups is 1. The van der Waals surface area contributed by atoms with Crippen LogP contribution >= 0.6 is 15.9 Å². The lowest BCUT2D eigenvalue weighted by Gasteiger charge is -2.25. The maximum Gasteiger partial charge on any atom is 0.240 e. The Morgan fingerprint density at radius 3 is 2.50 bits per heavy atom. The molecule has 0 atom stereocenters. The molecule has 0 radical (unpaired) electrons. The lowest BCUT2D eigenvalue weighted by Crippen LogP contribution is -2.51. The van der Waals surface area contributed by atoms with E-state index in [1.807, 2.05) is 23.4 Å². The van der Waals surface area contributed by atoms with Gasteiger partial charge in [0.05, 0.1) is 29.0 Å². The molecule has 0 aromatic carbocycles. The first kappa shape index (κ1) is 13.2. The number of carbonyl (C=O) groups is 2. The highest BCUT2D eigenvalue weighted by Gasteiger charge is 2.24. The normalized spacial score (nSPS) is 17.1. The Kier molecular flexibility index (Phi) is 3.82. The molecule has 7 heteroatoms. The fourth-order valence-corrected chi connectivity index (χ4v) is 2.45. The van der Waals surface area contributed by atoms with Crippen molar-refractivity contribution in [3.05, 3.63) is 15.9 Å². The summed E-state index contributed by atoms with van der Waals surface area (Å²) in [6.07, 6.45) is 0. The maximum absolute atomic E-state index is 11.3. The second-order valence-electron chi connectivity index (χ2n) is 4.28. The topological polar surface area (TPSA) is 67.2 Å². The molecule has 0 bridgehead atoms. The van der Waals surface area contributed by atoms with Gasteiger partial charge in [-0.05, 0) is 29.8 Å². The van der Waals surface area contributed by atoms with Crippen LogP contribution in [-0.2, 0) is 22.7 Å². The van der Waals surface area contributed by atoms with Crippen LogP contribution in [0.1, 0.15) is 18.3 Å². The molecule has 1 fully saturated rings. The summed E-state index contributed by atoms with van der Waals surface area (Å²) in [7, 11) is 0. The summed E-state index contributed by atoms with van der Waals surface area (Å²) in [6.45, 7) is 5.71. The SMILES string of the molecule is CCn1nc(C)c(Br)c1CN1CC(=O)NC(=O)C1. The molecule has 0 unspecified atom stereocenters. The molecule has 1 saturated heterocycles. The summed E-state index contributed by atoms with van der Waals surface area (Å²) in [4.78, 5) is 24.4. The van der Waals surface area contributed by atoms with Crippen molar-refractivity contribution in [2.24, 2.45) is 0 Å². The number of rotatable bonds is 3. The van der Waals surface area contributed by atoms with E-state index in [1.165, 1.54) is 0 Å². The first-order valence-electron chi connectivity index (χ1n) is 5.78. The summed E-state index contributed by atoms with van der Waals surface area (Å²) in [6, 6.07) is 0. The number of hydrogen-bond acceptors (Lipinski definition) is 4. The highest BCUT2D eigenvalue weighted by atomic mass is 79.9. The van der Waals surface area contributed by atoms with Gasteiger partial charge in [-0.25, -0.2) is 0 Å². The third kappa shape index (κ3) is 2.62. The van der Waals surface area contributed by atoms with Gasteiger partial charge in [-0.1, -0.05) is 0 Å². The van der Waals surface area contributed by atoms with Gasteiger partial charge < -0.3 is 0 Å². The Hall–Kier alpha value is -1.21. The maximum atomic E-state index is 11.3. The monoisotopic (exact) mass is 314 g/mol. The van der Waals surface area contributed by atoms with Crippen LogP contribution in [0.25, 0.3) is 0 Å². The molecule has 2 heterocycles. The Bertz CT molecular complexity index is 481. The lowest BCUT2D eigenvalue weighted by molar-refractivity contribution is -0.136. The summed E-state index contributed by atoms with van der Waals surface area (Å²) >= 11 is 3.50. The van der Waals surface area contributed by atoms with Gasteiger partial charge in [0.15, 0.2) is 0 Å². The van der Waals surface area contributed by atoms with Crippen molar-refractivity contribution in [1.82, 2.24) is 20.0 Å². The number of halogens is 1. The molecule has 1 aromatic rings. The average molecular weight is 315 g/mol. The van der Waals surface area contributed by atoms with Gasteiger partial charge in [0.2, 0.25) is 11.8 Å². The number of amides is 2. The second kappa shape index (κ2) is 5.19. The molecule has 0 spiro atoms. The van der Waals surface area contributed by atoms with E-state index in [2.05, 4.69) is 26.3 Å². The van der Waals surface area contributed by atoms with Crippen LogP contribution in [0, 0.1) is 6.92 Å². The number of nitrogens with one attached hydrogen (secondary N) is 1. The van der Waals surface area contributed by atoms with E-state index in [1.54, 1.807) is 0 Å². The number of aromatic nitrogens is 2. The largest absolute Gasteiger partial charge is 0.294 e. The van der Waals surface area contributed by atoms with Gasteiger partial charge in [0.1, 0.15) is 0 Å². The molecule has 1 N–H and O–H groups in total. The van der Waals surface area contributed by atoms with Gasteiger partial charge >= 0.3 is 0 Å². The molecule has 2 rings (SSSR count). The Labute approximate surface area is 113 Å². The highest BCUT2D eigenvalue weighted by molar-refractivity contribution is 9.10. The van der Waals surface area contributed by atoms with Crippen molar-refractivity contribution in [3.8, 4) is 0 Å². The van der Waals surface area contributed by atoms with Crippen molar-refractivity contribution < 1.29 is 9.59 Å². The molecule has 0 saturated carbocycles. The van der Waals surface area contributed by atoms with E-state index in [4.69, 9.17) is 0 Å². The van der Waals surface area contributed by atoms with Gasteiger partial charge in [0.25, 0.3) is 0 Å². The first-order chi connectivity index (χ1) is 8.51.